The van der Waals surface area contributed by atoms with Crippen molar-refractivity contribution in [2.24, 2.45) is 5.92 Å². The first-order chi connectivity index (χ1) is 9.52. The third kappa shape index (κ3) is 2.43. The second-order valence-electron chi connectivity index (χ2n) is 5.33. The van der Waals surface area contributed by atoms with Crippen molar-refractivity contribution in [3.8, 4) is 0 Å². The van der Waals surface area contributed by atoms with Crippen LogP contribution in [0.25, 0.3) is 11.0 Å². The van der Waals surface area contributed by atoms with Crippen LogP contribution in [0.1, 0.15) is 12.8 Å². The van der Waals surface area contributed by atoms with Gasteiger partial charge in [0.25, 0.3) is 5.69 Å². The summed E-state index contributed by atoms with van der Waals surface area (Å²) < 4.78 is 0. The van der Waals surface area contributed by atoms with Gasteiger partial charge in [-0.15, -0.1) is 11.6 Å². The number of nitrogens with one attached hydrogen (secondary N) is 1. The number of aromatic amines is 1. The number of imidazole rings is 1. The van der Waals surface area contributed by atoms with Crippen LogP contribution in [0, 0.1) is 16.0 Å². The molecule has 1 aliphatic carbocycles. The summed E-state index contributed by atoms with van der Waals surface area (Å²) in [4.78, 5) is 20.0. The molecule has 0 spiro atoms. The van der Waals surface area contributed by atoms with Crippen molar-refractivity contribution in [3.63, 3.8) is 0 Å². The van der Waals surface area contributed by atoms with E-state index in [0.29, 0.717) is 16.8 Å². The minimum Gasteiger partial charge on any atom is -0.345 e. The molecule has 0 aliphatic heterocycles. The first kappa shape index (κ1) is 13.2. The smallest absolute Gasteiger partial charge is 0.271 e. The van der Waals surface area contributed by atoms with Gasteiger partial charge < -0.3 is 9.88 Å². The van der Waals surface area contributed by atoms with Crippen LogP contribution in [0.2, 0.25) is 0 Å². The average molecular weight is 295 g/mol. The van der Waals surface area contributed by atoms with Gasteiger partial charge in [-0.1, -0.05) is 0 Å². The summed E-state index contributed by atoms with van der Waals surface area (Å²) >= 11 is 5.98. The molecule has 2 aromatic rings. The Labute approximate surface area is 120 Å². The highest BCUT2D eigenvalue weighted by Gasteiger charge is 2.28. The molecule has 1 heterocycles. The third-order valence-corrected chi connectivity index (χ3v) is 4.09. The highest BCUT2D eigenvalue weighted by Crippen LogP contribution is 2.33. The van der Waals surface area contributed by atoms with Gasteiger partial charge in [0.2, 0.25) is 5.95 Å². The molecule has 6 nitrogen and oxygen atoms in total. The molecule has 0 amide bonds. The summed E-state index contributed by atoms with van der Waals surface area (Å²) in [5.74, 6) is 1.34. The van der Waals surface area contributed by atoms with Crippen molar-refractivity contribution in [2.75, 3.05) is 18.5 Å². The molecule has 0 saturated heterocycles. The lowest BCUT2D eigenvalue weighted by atomic mass is 9.84. The molecule has 1 aromatic heterocycles. The summed E-state index contributed by atoms with van der Waals surface area (Å²) in [5.41, 5.74) is 1.49. The van der Waals surface area contributed by atoms with Gasteiger partial charge in [-0.25, -0.2) is 4.98 Å². The fourth-order valence-corrected chi connectivity index (χ4v) is 3.06. The van der Waals surface area contributed by atoms with Crippen LogP contribution < -0.4 is 4.90 Å². The lowest BCUT2D eigenvalue weighted by molar-refractivity contribution is -0.384. The molecule has 1 saturated carbocycles. The van der Waals surface area contributed by atoms with Crippen molar-refractivity contribution >= 4 is 34.3 Å². The molecule has 7 heteroatoms. The topological polar surface area (TPSA) is 75.1 Å². The number of H-pyrrole nitrogens is 1. The summed E-state index contributed by atoms with van der Waals surface area (Å²) in [5, 5.41) is 11.1. The van der Waals surface area contributed by atoms with E-state index in [-0.39, 0.29) is 5.69 Å². The van der Waals surface area contributed by atoms with Crippen LogP contribution >= 0.6 is 11.6 Å². The van der Waals surface area contributed by atoms with Gasteiger partial charge in [0.05, 0.1) is 16.0 Å². The van der Waals surface area contributed by atoms with E-state index < -0.39 is 4.92 Å². The number of hydrogen-bond acceptors (Lipinski definition) is 4. The number of anilines is 1. The molecule has 106 valence electrons. The fourth-order valence-electron chi connectivity index (χ4n) is 2.56. The predicted molar refractivity (Wildman–Crippen MR) is 78.4 cm³/mol. The van der Waals surface area contributed by atoms with Crippen LogP contribution in [0.15, 0.2) is 18.2 Å². The van der Waals surface area contributed by atoms with Gasteiger partial charge in [-0.05, 0) is 24.8 Å². The largest absolute Gasteiger partial charge is 0.345 e. The lowest BCUT2D eigenvalue weighted by Gasteiger charge is -2.33. The van der Waals surface area contributed by atoms with E-state index >= 15 is 0 Å². The van der Waals surface area contributed by atoms with E-state index in [1.54, 1.807) is 6.07 Å². The van der Waals surface area contributed by atoms with Crippen molar-refractivity contribution in [1.82, 2.24) is 9.97 Å². The molecular weight excluding hydrogens is 280 g/mol. The molecule has 1 aliphatic rings. The number of alkyl halides is 1. The van der Waals surface area contributed by atoms with E-state index in [1.807, 2.05) is 11.9 Å². The molecule has 3 rings (SSSR count). The van der Waals surface area contributed by atoms with E-state index in [1.165, 1.54) is 12.1 Å². The van der Waals surface area contributed by atoms with E-state index in [0.717, 1.165) is 30.9 Å². The minimum atomic E-state index is -0.404. The molecule has 20 heavy (non-hydrogen) atoms. The van der Waals surface area contributed by atoms with Crippen LogP contribution in [-0.4, -0.2) is 33.9 Å². The molecule has 0 bridgehead atoms. The van der Waals surface area contributed by atoms with Crippen molar-refractivity contribution in [1.29, 1.82) is 0 Å². The molecule has 1 fully saturated rings. The van der Waals surface area contributed by atoms with Gasteiger partial charge in [0.15, 0.2) is 0 Å². The molecule has 0 radical (unpaired) electrons. The maximum Gasteiger partial charge on any atom is 0.271 e. The van der Waals surface area contributed by atoms with Gasteiger partial charge in [0.1, 0.15) is 0 Å². The van der Waals surface area contributed by atoms with Crippen LogP contribution in [0.3, 0.4) is 0 Å². The zero-order valence-electron chi connectivity index (χ0n) is 11.0. The Hall–Kier alpha value is -1.82. The van der Waals surface area contributed by atoms with E-state index in [2.05, 4.69) is 9.97 Å². The first-order valence-electron chi connectivity index (χ1n) is 6.52. The van der Waals surface area contributed by atoms with E-state index in [9.17, 15) is 10.1 Å². The molecule has 0 unspecified atom stereocenters. The van der Waals surface area contributed by atoms with E-state index in [4.69, 9.17) is 11.6 Å². The number of nitrogens with zero attached hydrogens (tertiary/aromatic N) is 3. The maximum atomic E-state index is 10.8. The zero-order valence-corrected chi connectivity index (χ0v) is 11.8. The number of non-ortho nitro benzene ring substituents is 1. The standard InChI is InChI=1S/C13H15ClN4O2/c1-17(7-8-4-9(14)5-8)13-15-11-3-2-10(18(19)20)6-12(11)16-13/h2-3,6,8-9H,4-5,7H2,1H3,(H,15,16). The third-order valence-electron chi connectivity index (χ3n) is 3.74. The second kappa shape index (κ2) is 4.94. The summed E-state index contributed by atoms with van der Waals surface area (Å²) in [6.07, 6.45) is 2.08. The van der Waals surface area contributed by atoms with Gasteiger partial charge in [-0.2, -0.15) is 0 Å². The highest BCUT2D eigenvalue weighted by atomic mass is 35.5. The molecule has 1 N–H and O–H groups in total. The van der Waals surface area contributed by atoms with Gasteiger partial charge in [-0.3, -0.25) is 10.1 Å². The van der Waals surface area contributed by atoms with Crippen LogP contribution in [0.5, 0.6) is 0 Å². The Morgan fingerprint density at radius 2 is 2.30 bits per heavy atom. The van der Waals surface area contributed by atoms with Crippen LogP contribution in [-0.2, 0) is 0 Å². The number of rotatable bonds is 4. The number of halogens is 1. The number of nitro groups is 1. The summed E-state index contributed by atoms with van der Waals surface area (Å²) in [6, 6.07) is 4.65. The number of fused-ring (bicyclic) bond motifs is 1. The molecular formula is C13H15ClN4O2. The fraction of sp³-hybridized carbons (Fsp3) is 0.462. The Bertz CT molecular complexity index is 651. The normalized spacial score (nSPS) is 21.7. The van der Waals surface area contributed by atoms with Gasteiger partial charge in [0, 0.05) is 31.1 Å². The van der Waals surface area contributed by atoms with Gasteiger partial charge >= 0.3 is 0 Å². The SMILES string of the molecule is CN(CC1CC(Cl)C1)c1nc2ccc([N+](=O)[O-])cc2[nH]1. The highest BCUT2D eigenvalue weighted by molar-refractivity contribution is 6.21. The van der Waals surface area contributed by atoms with Crippen molar-refractivity contribution in [2.45, 2.75) is 18.2 Å². The predicted octanol–water partition coefficient (Wildman–Crippen LogP) is 2.92. The zero-order chi connectivity index (χ0) is 14.3. The Morgan fingerprint density at radius 1 is 1.55 bits per heavy atom. The first-order valence-corrected chi connectivity index (χ1v) is 6.96. The number of nitro benzene ring substituents is 1. The summed E-state index contributed by atoms with van der Waals surface area (Å²) in [7, 11) is 1.97. The average Bonchev–Trinajstić information content (AvgIpc) is 2.79. The Morgan fingerprint density at radius 3 is 2.95 bits per heavy atom. The minimum absolute atomic E-state index is 0.0688. The van der Waals surface area contributed by atoms with Crippen molar-refractivity contribution < 1.29 is 4.92 Å². The second-order valence-corrected chi connectivity index (χ2v) is 5.95. The maximum absolute atomic E-state index is 10.8. The molecule has 0 atom stereocenters. The number of aromatic nitrogens is 2. The van der Waals surface area contributed by atoms with Crippen LogP contribution in [0.4, 0.5) is 11.6 Å². The monoisotopic (exact) mass is 294 g/mol. The number of hydrogen-bond donors (Lipinski definition) is 1. The quantitative estimate of drug-likeness (QED) is 0.534. The van der Waals surface area contributed by atoms with Crippen molar-refractivity contribution in [3.05, 3.63) is 28.3 Å². The number of benzene rings is 1. The summed E-state index contributed by atoms with van der Waals surface area (Å²) in [6.45, 7) is 0.894. The lowest BCUT2D eigenvalue weighted by Crippen LogP contribution is -2.35. The Balaban J connectivity index is 1.79. The Kier molecular flexibility index (Phi) is 3.25. The molecule has 1 aromatic carbocycles.